The van der Waals surface area contributed by atoms with Gasteiger partial charge in [0.05, 0.1) is 0 Å². The second kappa shape index (κ2) is 4.11. The van der Waals surface area contributed by atoms with E-state index in [-0.39, 0.29) is 6.03 Å². The van der Waals surface area contributed by atoms with Gasteiger partial charge < -0.3 is 16.0 Å². The van der Waals surface area contributed by atoms with Gasteiger partial charge in [-0.3, -0.25) is 4.79 Å². The Morgan fingerprint density at radius 1 is 1.46 bits per heavy atom. The molecule has 0 aromatic heterocycles. The lowest BCUT2D eigenvalue weighted by atomic mass is 10.1. The molecule has 0 rings (SSSR count). The van der Waals surface area contributed by atoms with Crippen molar-refractivity contribution < 1.29 is 9.59 Å². The molecular weight excluding hydrogens is 170 g/mol. The smallest absolute Gasteiger partial charge is 0.317 e. The van der Waals surface area contributed by atoms with E-state index >= 15 is 0 Å². The van der Waals surface area contributed by atoms with E-state index in [1.165, 1.54) is 4.90 Å². The van der Waals surface area contributed by atoms with Gasteiger partial charge in [0.2, 0.25) is 5.91 Å². The minimum absolute atomic E-state index is 0.300. The molecule has 0 radical (unpaired) electrons. The van der Waals surface area contributed by atoms with Gasteiger partial charge in [0.1, 0.15) is 5.54 Å². The molecule has 0 fully saturated rings. The van der Waals surface area contributed by atoms with Crippen molar-refractivity contribution in [2.75, 3.05) is 13.6 Å². The van der Waals surface area contributed by atoms with Gasteiger partial charge in [-0.05, 0) is 20.8 Å². The molecule has 0 spiro atoms. The van der Waals surface area contributed by atoms with Crippen molar-refractivity contribution in [1.82, 2.24) is 10.2 Å². The lowest BCUT2D eigenvalue weighted by molar-refractivity contribution is -0.122. The van der Waals surface area contributed by atoms with Gasteiger partial charge in [-0.25, -0.2) is 4.79 Å². The molecular formula is C8H17N3O2. The Labute approximate surface area is 78.3 Å². The molecule has 3 N–H and O–H groups in total. The Morgan fingerprint density at radius 2 is 1.92 bits per heavy atom. The molecule has 5 heteroatoms. The number of nitrogens with zero attached hydrogens (tertiary/aromatic N) is 1. The van der Waals surface area contributed by atoms with Gasteiger partial charge in [0.25, 0.3) is 0 Å². The fourth-order valence-electron chi connectivity index (χ4n) is 0.568. The largest absolute Gasteiger partial charge is 0.368 e. The Bertz CT molecular complexity index is 213. The third-order valence-corrected chi connectivity index (χ3v) is 1.86. The Balaban J connectivity index is 4.28. The first kappa shape index (κ1) is 11.7. The number of urea groups is 1. The summed E-state index contributed by atoms with van der Waals surface area (Å²) in [6.07, 6.45) is 0. The van der Waals surface area contributed by atoms with Crippen LogP contribution >= 0.6 is 0 Å². The summed E-state index contributed by atoms with van der Waals surface area (Å²) in [5.41, 5.74) is 4.09. The van der Waals surface area contributed by atoms with Crippen molar-refractivity contribution in [3.05, 3.63) is 0 Å². The summed E-state index contributed by atoms with van der Waals surface area (Å²) in [5, 5.41) is 2.52. The first-order valence-corrected chi connectivity index (χ1v) is 4.14. The van der Waals surface area contributed by atoms with Gasteiger partial charge in [-0.2, -0.15) is 0 Å². The van der Waals surface area contributed by atoms with Crippen LogP contribution in [0.25, 0.3) is 0 Å². The summed E-state index contributed by atoms with van der Waals surface area (Å²) in [6.45, 7) is 5.56. The summed E-state index contributed by atoms with van der Waals surface area (Å²) in [4.78, 5) is 23.6. The van der Waals surface area contributed by atoms with E-state index in [9.17, 15) is 9.59 Å². The van der Waals surface area contributed by atoms with E-state index in [4.69, 9.17) is 5.73 Å². The highest BCUT2D eigenvalue weighted by Crippen LogP contribution is 2.01. The van der Waals surface area contributed by atoms with Crippen molar-refractivity contribution in [3.63, 3.8) is 0 Å². The topological polar surface area (TPSA) is 75.4 Å². The number of amides is 3. The highest BCUT2D eigenvalue weighted by Gasteiger charge is 2.27. The number of rotatable bonds is 3. The third kappa shape index (κ3) is 3.31. The summed E-state index contributed by atoms with van der Waals surface area (Å²) in [5.74, 6) is -0.551. The fraction of sp³-hybridized carbons (Fsp3) is 0.750. The van der Waals surface area contributed by atoms with Crippen LogP contribution in [0, 0.1) is 0 Å². The Hall–Kier alpha value is -1.26. The van der Waals surface area contributed by atoms with Gasteiger partial charge in [-0.15, -0.1) is 0 Å². The monoisotopic (exact) mass is 187 g/mol. The van der Waals surface area contributed by atoms with E-state index in [2.05, 4.69) is 5.32 Å². The third-order valence-electron chi connectivity index (χ3n) is 1.86. The molecule has 0 aromatic carbocycles. The van der Waals surface area contributed by atoms with Gasteiger partial charge in [0.15, 0.2) is 0 Å². The zero-order chi connectivity index (χ0) is 10.6. The SMILES string of the molecule is CCN(C)C(=O)NC(C)(C)C(N)=O. The molecule has 0 heterocycles. The average Bonchev–Trinajstić information content (AvgIpc) is 2.01. The van der Waals surface area contributed by atoms with Crippen LogP contribution in [-0.4, -0.2) is 36.0 Å². The fourth-order valence-corrected chi connectivity index (χ4v) is 0.568. The first-order chi connectivity index (χ1) is 5.81. The molecule has 0 saturated heterocycles. The first-order valence-electron chi connectivity index (χ1n) is 4.14. The number of hydrogen-bond acceptors (Lipinski definition) is 2. The highest BCUT2D eigenvalue weighted by molar-refractivity contribution is 5.88. The van der Waals surface area contributed by atoms with Crippen molar-refractivity contribution in [2.45, 2.75) is 26.3 Å². The molecule has 0 aliphatic heterocycles. The van der Waals surface area contributed by atoms with E-state index < -0.39 is 11.4 Å². The van der Waals surface area contributed by atoms with Crippen LogP contribution in [0.4, 0.5) is 4.79 Å². The van der Waals surface area contributed by atoms with Crippen LogP contribution in [0.3, 0.4) is 0 Å². The van der Waals surface area contributed by atoms with E-state index in [1.54, 1.807) is 20.9 Å². The molecule has 0 atom stereocenters. The van der Waals surface area contributed by atoms with Crippen molar-refractivity contribution in [1.29, 1.82) is 0 Å². The summed E-state index contributed by atoms with van der Waals surface area (Å²) >= 11 is 0. The van der Waals surface area contributed by atoms with E-state index in [1.807, 2.05) is 6.92 Å². The minimum atomic E-state index is -0.999. The molecule has 5 nitrogen and oxygen atoms in total. The number of nitrogens with one attached hydrogen (secondary N) is 1. The van der Waals surface area contributed by atoms with Gasteiger partial charge >= 0.3 is 6.03 Å². The molecule has 0 bridgehead atoms. The number of nitrogens with two attached hydrogens (primary N) is 1. The van der Waals surface area contributed by atoms with Gasteiger partial charge in [0, 0.05) is 13.6 Å². The average molecular weight is 187 g/mol. The van der Waals surface area contributed by atoms with Crippen molar-refractivity contribution in [2.24, 2.45) is 5.73 Å². The summed E-state index contributed by atoms with van der Waals surface area (Å²) < 4.78 is 0. The normalized spacial score (nSPS) is 10.8. The lowest BCUT2D eigenvalue weighted by Crippen LogP contribution is -2.55. The van der Waals surface area contributed by atoms with Crippen LogP contribution in [0.1, 0.15) is 20.8 Å². The summed E-state index contributed by atoms with van der Waals surface area (Å²) in [6, 6.07) is -0.300. The molecule has 76 valence electrons. The quantitative estimate of drug-likeness (QED) is 0.648. The van der Waals surface area contributed by atoms with Gasteiger partial charge in [-0.1, -0.05) is 0 Å². The Morgan fingerprint density at radius 3 is 2.23 bits per heavy atom. The van der Waals surface area contributed by atoms with Crippen LogP contribution in [0.2, 0.25) is 0 Å². The van der Waals surface area contributed by atoms with Crippen molar-refractivity contribution in [3.8, 4) is 0 Å². The number of hydrogen-bond donors (Lipinski definition) is 2. The number of primary amides is 1. The zero-order valence-electron chi connectivity index (χ0n) is 8.55. The molecule has 0 aliphatic carbocycles. The molecule has 3 amide bonds. The second-order valence-corrected chi connectivity index (χ2v) is 3.43. The maximum atomic E-state index is 11.3. The second-order valence-electron chi connectivity index (χ2n) is 3.43. The van der Waals surface area contributed by atoms with Crippen LogP contribution < -0.4 is 11.1 Å². The van der Waals surface area contributed by atoms with Crippen LogP contribution in [-0.2, 0) is 4.79 Å². The highest BCUT2D eigenvalue weighted by atomic mass is 16.2. The molecule has 0 aromatic rings. The maximum Gasteiger partial charge on any atom is 0.317 e. The lowest BCUT2D eigenvalue weighted by Gasteiger charge is -2.25. The predicted octanol–water partition coefficient (Wildman–Crippen LogP) is -0.0884. The molecule has 13 heavy (non-hydrogen) atoms. The molecule has 0 unspecified atom stereocenters. The molecule has 0 aliphatic rings. The van der Waals surface area contributed by atoms with Crippen LogP contribution in [0.5, 0.6) is 0 Å². The zero-order valence-corrected chi connectivity index (χ0v) is 8.55. The van der Waals surface area contributed by atoms with E-state index in [0.29, 0.717) is 6.54 Å². The summed E-state index contributed by atoms with van der Waals surface area (Å²) in [7, 11) is 1.65. The van der Waals surface area contributed by atoms with Crippen molar-refractivity contribution >= 4 is 11.9 Å². The van der Waals surface area contributed by atoms with Crippen LogP contribution in [0.15, 0.2) is 0 Å². The Kier molecular flexibility index (Phi) is 3.71. The number of carbonyl (C=O) groups is 2. The maximum absolute atomic E-state index is 11.3. The number of carbonyl (C=O) groups excluding carboxylic acids is 2. The minimum Gasteiger partial charge on any atom is -0.368 e. The standard InChI is InChI=1S/C8H17N3O2/c1-5-11(4)7(13)10-8(2,3)6(9)12/h5H2,1-4H3,(H2,9,12)(H,10,13). The molecule has 0 saturated carbocycles. The van der Waals surface area contributed by atoms with E-state index in [0.717, 1.165) is 0 Å². The predicted molar refractivity (Wildman–Crippen MR) is 50.1 cm³/mol.